The zero-order chi connectivity index (χ0) is 15.4. The van der Waals surface area contributed by atoms with E-state index in [0.717, 1.165) is 0 Å². The van der Waals surface area contributed by atoms with Crippen molar-refractivity contribution in [1.29, 1.82) is 0 Å². The fourth-order valence-electron chi connectivity index (χ4n) is 2.19. The maximum absolute atomic E-state index is 12.6. The molecule has 0 radical (unpaired) electrons. The number of nitrogens with zero attached hydrogens (tertiary/aromatic N) is 1. The van der Waals surface area contributed by atoms with Gasteiger partial charge in [0.05, 0.1) is 33.5 Å². The van der Waals surface area contributed by atoms with Gasteiger partial charge in [-0.2, -0.15) is 0 Å². The second-order valence-electron chi connectivity index (χ2n) is 4.62. The molecule has 1 aliphatic rings. The molecule has 1 atom stereocenters. The molecule has 1 aromatic carbocycles. The summed E-state index contributed by atoms with van der Waals surface area (Å²) in [5.74, 6) is 0.926. The topological polar surface area (TPSA) is 68.2 Å². The van der Waals surface area contributed by atoms with Crippen LogP contribution in [0.2, 0.25) is 0 Å². The summed E-state index contributed by atoms with van der Waals surface area (Å²) in [6, 6.07) is 3.33. The van der Waals surface area contributed by atoms with Crippen molar-refractivity contribution in [3.63, 3.8) is 0 Å². The minimum Gasteiger partial charge on any atom is -0.495 e. The molecule has 0 aliphatic carbocycles. The van der Waals surface area contributed by atoms with Gasteiger partial charge in [0.2, 0.25) is 0 Å². The number of ether oxygens (including phenoxy) is 3. The molecule has 2 rings (SSSR count). The number of aliphatic hydroxyl groups excluding tert-OH is 1. The largest absolute Gasteiger partial charge is 0.495 e. The summed E-state index contributed by atoms with van der Waals surface area (Å²) < 4.78 is 16.5. The molecule has 1 heterocycles. The van der Waals surface area contributed by atoms with Crippen LogP contribution in [-0.4, -0.2) is 62.5 Å². The number of rotatable bonds is 4. The number of amides is 1. The van der Waals surface area contributed by atoms with Crippen LogP contribution in [0.3, 0.4) is 0 Å². The number of morpholine rings is 1. The van der Waals surface area contributed by atoms with Gasteiger partial charge in [0.15, 0.2) is 0 Å². The van der Waals surface area contributed by atoms with E-state index in [1.165, 1.54) is 14.2 Å². The van der Waals surface area contributed by atoms with E-state index in [9.17, 15) is 4.79 Å². The number of hydrogen-bond donors (Lipinski definition) is 1. The predicted octanol–water partition coefficient (Wildman–Crippen LogP) is 1.30. The van der Waals surface area contributed by atoms with Gasteiger partial charge in [-0.05, 0) is 28.1 Å². The van der Waals surface area contributed by atoms with Gasteiger partial charge in [-0.15, -0.1) is 0 Å². The molecule has 21 heavy (non-hydrogen) atoms. The fourth-order valence-corrected chi connectivity index (χ4v) is 2.74. The first-order valence-electron chi connectivity index (χ1n) is 6.54. The molecular formula is C14H18BrNO5. The second kappa shape index (κ2) is 7.11. The van der Waals surface area contributed by atoms with Crippen LogP contribution in [0.15, 0.2) is 16.6 Å². The van der Waals surface area contributed by atoms with Crippen LogP contribution in [-0.2, 0) is 4.74 Å². The van der Waals surface area contributed by atoms with Gasteiger partial charge in [-0.3, -0.25) is 4.79 Å². The molecule has 1 unspecified atom stereocenters. The highest BCUT2D eigenvalue weighted by molar-refractivity contribution is 9.10. The molecular weight excluding hydrogens is 342 g/mol. The third kappa shape index (κ3) is 3.48. The first-order chi connectivity index (χ1) is 10.1. The number of halogens is 1. The highest BCUT2D eigenvalue weighted by Crippen LogP contribution is 2.36. The number of carbonyl (C=O) groups excluding carboxylic acids is 1. The average molecular weight is 360 g/mol. The van der Waals surface area contributed by atoms with Crippen LogP contribution in [0, 0.1) is 0 Å². The fraction of sp³-hybridized carbons (Fsp3) is 0.500. The molecule has 0 saturated carbocycles. The van der Waals surface area contributed by atoms with Gasteiger partial charge in [0, 0.05) is 18.7 Å². The monoisotopic (exact) mass is 359 g/mol. The quantitative estimate of drug-likeness (QED) is 0.877. The lowest BCUT2D eigenvalue weighted by Crippen LogP contribution is -2.46. The van der Waals surface area contributed by atoms with Crippen molar-refractivity contribution in [3.05, 3.63) is 22.2 Å². The number of aliphatic hydroxyl groups is 1. The minimum absolute atomic E-state index is 0.100. The van der Waals surface area contributed by atoms with Crippen molar-refractivity contribution in [2.24, 2.45) is 0 Å². The van der Waals surface area contributed by atoms with E-state index in [0.29, 0.717) is 41.2 Å². The van der Waals surface area contributed by atoms with Gasteiger partial charge in [-0.25, -0.2) is 0 Å². The molecule has 1 amide bonds. The highest BCUT2D eigenvalue weighted by Gasteiger charge is 2.26. The molecule has 0 spiro atoms. The lowest BCUT2D eigenvalue weighted by Gasteiger charge is -2.32. The molecule has 0 aromatic heterocycles. The molecule has 116 valence electrons. The summed E-state index contributed by atoms with van der Waals surface area (Å²) in [6.07, 6.45) is -0.332. The lowest BCUT2D eigenvalue weighted by molar-refractivity contribution is -0.0447. The Labute approximate surface area is 131 Å². The van der Waals surface area contributed by atoms with Crippen molar-refractivity contribution in [2.45, 2.75) is 6.10 Å². The van der Waals surface area contributed by atoms with Crippen LogP contribution in [0.25, 0.3) is 0 Å². The molecule has 6 nitrogen and oxygen atoms in total. The molecule has 7 heteroatoms. The third-order valence-corrected chi connectivity index (χ3v) is 4.10. The third-order valence-electron chi connectivity index (χ3n) is 3.32. The van der Waals surface area contributed by atoms with Crippen molar-refractivity contribution in [2.75, 3.05) is 40.5 Å². The molecule has 0 bridgehead atoms. The second-order valence-corrected chi connectivity index (χ2v) is 5.41. The van der Waals surface area contributed by atoms with E-state index in [1.807, 2.05) is 0 Å². The maximum Gasteiger partial charge on any atom is 0.254 e. The SMILES string of the molecule is COc1cc(C(=O)N2CCOC(CO)C2)cc(OC)c1Br. The zero-order valence-electron chi connectivity index (χ0n) is 12.0. The first kappa shape index (κ1) is 16.1. The Morgan fingerprint density at radius 3 is 2.57 bits per heavy atom. The van der Waals surface area contributed by atoms with Gasteiger partial charge in [-0.1, -0.05) is 0 Å². The van der Waals surface area contributed by atoms with Crippen LogP contribution in [0.5, 0.6) is 11.5 Å². The van der Waals surface area contributed by atoms with Gasteiger partial charge >= 0.3 is 0 Å². The Balaban J connectivity index is 2.26. The number of hydrogen-bond acceptors (Lipinski definition) is 5. The number of carbonyl (C=O) groups is 1. The molecule has 1 aliphatic heterocycles. The smallest absolute Gasteiger partial charge is 0.254 e. The lowest BCUT2D eigenvalue weighted by atomic mass is 10.1. The average Bonchev–Trinajstić information content (AvgIpc) is 2.54. The van der Waals surface area contributed by atoms with Crippen LogP contribution < -0.4 is 9.47 Å². The first-order valence-corrected chi connectivity index (χ1v) is 7.33. The van der Waals surface area contributed by atoms with Gasteiger partial charge < -0.3 is 24.2 Å². The van der Waals surface area contributed by atoms with E-state index < -0.39 is 0 Å². The van der Waals surface area contributed by atoms with Gasteiger partial charge in [0.25, 0.3) is 5.91 Å². The van der Waals surface area contributed by atoms with E-state index in [4.69, 9.17) is 19.3 Å². The summed E-state index contributed by atoms with van der Waals surface area (Å²) in [4.78, 5) is 14.2. The Hall–Kier alpha value is -1.31. The minimum atomic E-state index is -0.332. The van der Waals surface area contributed by atoms with Crippen molar-refractivity contribution < 1.29 is 24.1 Å². The molecule has 1 fully saturated rings. The summed E-state index contributed by atoms with van der Waals surface area (Å²) in [5.41, 5.74) is 0.477. The van der Waals surface area contributed by atoms with Crippen molar-refractivity contribution in [3.8, 4) is 11.5 Å². The van der Waals surface area contributed by atoms with Crippen LogP contribution in [0.4, 0.5) is 0 Å². The Morgan fingerprint density at radius 1 is 1.43 bits per heavy atom. The summed E-state index contributed by atoms with van der Waals surface area (Å²) in [6.45, 7) is 1.19. The molecule has 1 N–H and O–H groups in total. The van der Waals surface area contributed by atoms with E-state index in [-0.39, 0.29) is 18.6 Å². The highest BCUT2D eigenvalue weighted by atomic mass is 79.9. The standard InChI is InChI=1S/C14H18BrNO5/c1-19-11-5-9(6-12(20-2)13(11)15)14(18)16-3-4-21-10(7-16)8-17/h5-6,10,17H,3-4,7-8H2,1-2H3. The van der Waals surface area contributed by atoms with Gasteiger partial charge in [0.1, 0.15) is 16.0 Å². The Kier molecular flexibility index (Phi) is 5.44. The maximum atomic E-state index is 12.6. The van der Waals surface area contributed by atoms with Crippen molar-refractivity contribution in [1.82, 2.24) is 4.90 Å². The predicted molar refractivity (Wildman–Crippen MR) is 80.0 cm³/mol. The normalized spacial score (nSPS) is 18.5. The number of methoxy groups -OCH3 is 2. The molecule has 1 saturated heterocycles. The van der Waals surface area contributed by atoms with E-state index in [2.05, 4.69) is 15.9 Å². The summed E-state index contributed by atoms with van der Waals surface area (Å²) in [5, 5.41) is 9.15. The van der Waals surface area contributed by atoms with Crippen LogP contribution >= 0.6 is 15.9 Å². The summed E-state index contributed by atoms with van der Waals surface area (Å²) >= 11 is 3.37. The van der Waals surface area contributed by atoms with Crippen molar-refractivity contribution >= 4 is 21.8 Å². The Bertz CT molecular complexity index is 497. The van der Waals surface area contributed by atoms with E-state index >= 15 is 0 Å². The zero-order valence-corrected chi connectivity index (χ0v) is 13.6. The number of benzene rings is 1. The summed E-state index contributed by atoms with van der Waals surface area (Å²) in [7, 11) is 3.06. The van der Waals surface area contributed by atoms with Crippen LogP contribution in [0.1, 0.15) is 10.4 Å². The Morgan fingerprint density at radius 2 is 2.05 bits per heavy atom. The van der Waals surface area contributed by atoms with E-state index in [1.54, 1.807) is 17.0 Å². The molecule has 1 aromatic rings.